The van der Waals surface area contributed by atoms with Crippen molar-refractivity contribution in [2.24, 2.45) is 0 Å². The molecule has 0 amide bonds. The molecule has 1 N–H and O–H groups in total. The van der Waals surface area contributed by atoms with E-state index < -0.39 is 16.0 Å². The number of nitrogens with one attached hydrogen (secondary N) is 1. The fourth-order valence-electron chi connectivity index (χ4n) is 0.580. The van der Waals surface area contributed by atoms with Gasteiger partial charge < -0.3 is 4.74 Å². The maximum Gasteiger partial charge on any atom is 0.306 e. The van der Waals surface area contributed by atoms with Crippen LogP contribution in [-0.2, 0) is 19.6 Å². The van der Waals surface area contributed by atoms with E-state index in [1.807, 2.05) is 0 Å². The molecule has 0 aliphatic carbocycles. The second-order valence-corrected chi connectivity index (χ2v) is 5.53. The SMILES string of the molecule is C=C(Br)CNS(=O)(=O)CCC(=O)OC. The molecule has 5 nitrogen and oxygen atoms in total. The molecule has 0 saturated heterocycles. The lowest BCUT2D eigenvalue weighted by Gasteiger charge is -2.04. The van der Waals surface area contributed by atoms with Crippen molar-refractivity contribution in [3.05, 3.63) is 11.1 Å². The summed E-state index contributed by atoms with van der Waals surface area (Å²) in [6.45, 7) is 3.58. The monoisotopic (exact) mass is 285 g/mol. The number of ether oxygens (including phenoxy) is 1. The number of carbonyl (C=O) groups is 1. The van der Waals surface area contributed by atoms with Crippen molar-refractivity contribution in [1.82, 2.24) is 4.72 Å². The van der Waals surface area contributed by atoms with E-state index in [4.69, 9.17) is 0 Å². The zero-order valence-electron chi connectivity index (χ0n) is 7.75. The second kappa shape index (κ2) is 6.15. The average Bonchev–Trinajstić information content (AvgIpc) is 2.11. The molecule has 0 radical (unpaired) electrons. The Balaban J connectivity index is 3.96. The van der Waals surface area contributed by atoms with Crippen LogP contribution in [0, 0.1) is 0 Å². The first-order valence-electron chi connectivity index (χ1n) is 3.75. The van der Waals surface area contributed by atoms with Crippen molar-refractivity contribution in [2.45, 2.75) is 6.42 Å². The van der Waals surface area contributed by atoms with Gasteiger partial charge in [-0.05, 0) is 0 Å². The molecule has 0 heterocycles. The van der Waals surface area contributed by atoms with Gasteiger partial charge in [-0.15, -0.1) is 0 Å². The summed E-state index contributed by atoms with van der Waals surface area (Å²) in [5, 5.41) is 0. The fourth-order valence-corrected chi connectivity index (χ4v) is 1.88. The van der Waals surface area contributed by atoms with Gasteiger partial charge in [0.25, 0.3) is 0 Å². The van der Waals surface area contributed by atoms with Crippen LogP contribution in [0.4, 0.5) is 0 Å². The van der Waals surface area contributed by atoms with Gasteiger partial charge in [-0.1, -0.05) is 22.5 Å². The fraction of sp³-hybridized carbons (Fsp3) is 0.571. The minimum Gasteiger partial charge on any atom is -0.469 e. The Hall–Kier alpha value is -0.400. The summed E-state index contributed by atoms with van der Waals surface area (Å²) in [4.78, 5) is 10.7. The third kappa shape index (κ3) is 7.05. The number of sulfonamides is 1. The number of halogens is 1. The van der Waals surface area contributed by atoms with Gasteiger partial charge >= 0.3 is 5.97 Å². The van der Waals surface area contributed by atoms with E-state index in [0.717, 1.165) is 0 Å². The Bertz CT molecular complexity index is 312. The molecule has 0 atom stereocenters. The maximum absolute atomic E-state index is 11.2. The Morgan fingerprint density at radius 3 is 2.57 bits per heavy atom. The predicted octanol–water partition coefficient (Wildman–Crippen LogP) is 0.378. The first kappa shape index (κ1) is 13.6. The van der Waals surface area contributed by atoms with E-state index in [0.29, 0.717) is 4.48 Å². The smallest absolute Gasteiger partial charge is 0.306 e. The summed E-state index contributed by atoms with van der Waals surface area (Å²) in [6, 6.07) is 0. The lowest BCUT2D eigenvalue weighted by Crippen LogP contribution is -2.28. The predicted molar refractivity (Wildman–Crippen MR) is 56.5 cm³/mol. The highest BCUT2D eigenvalue weighted by Gasteiger charge is 2.12. The Kier molecular flexibility index (Phi) is 5.98. The standard InChI is InChI=1S/C7H12BrNO4S/c1-6(8)5-9-14(11,12)4-3-7(10)13-2/h9H,1,3-5H2,2H3. The molecule has 0 spiro atoms. The summed E-state index contributed by atoms with van der Waals surface area (Å²) in [6.07, 6.45) is -0.152. The molecule has 0 aliphatic rings. The zero-order chi connectivity index (χ0) is 11.2. The van der Waals surface area contributed by atoms with Crippen LogP contribution >= 0.6 is 15.9 Å². The Morgan fingerprint density at radius 1 is 1.57 bits per heavy atom. The summed E-state index contributed by atoms with van der Waals surface area (Å²) in [5.74, 6) is -0.826. The average molecular weight is 286 g/mol. The Labute approximate surface area is 91.7 Å². The number of rotatable bonds is 6. The van der Waals surface area contributed by atoms with Crippen molar-refractivity contribution >= 4 is 31.9 Å². The van der Waals surface area contributed by atoms with E-state index in [-0.39, 0.29) is 18.7 Å². The highest BCUT2D eigenvalue weighted by atomic mass is 79.9. The van der Waals surface area contributed by atoms with E-state index in [1.54, 1.807) is 0 Å². The second-order valence-electron chi connectivity index (χ2n) is 2.48. The number of hydrogen-bond donors (Lipinski definition) is 1. The van der Waals surface area contributed by atoms with Crippen LogP contribution < -0.4 is 4.72 Å². The van der Waals surface area contributed by atoms with Gasteiger partial charge in [0.1, 0.15) is 0 Å². The quantitative estimate of drug-likeness (QED) is 0.716. The molecule has 0 bridgehead atoms. The molecule has 7 heteroatoms. The van der Waals surface area contributed by atoms with E-state index >= 15 is 0 Å². The first-order chi connectivity index (χ1) is 6.37. The molecular weight excluding hydrogens is 274 g/mol. The van der Waals surface area contributed by atoms with Gasteiger partial charge in [-0.2, -0.15) is 0 Å². The van der Waals surface area contributed by atoms with Crippen molar-refractivity contribution in [3.8, 4) is 0 Å². The summed E-state index contributed by atoms with van der Waals surface area (Å²) in [5.41, 5.74) is 0. The molecule has 82 valence electrons. The van der Waals surface area contributed by atoms with Crippen LogP contribution in [0.1, 0.15) is 6.42 Å². The van der Waals surface area contributed by atoms with Crippen LogP contribution in [0.5, 0.6) is 0 Å². The van der Waals surface area contributed by atoms with Crippen molar-refractivity contribution in [1.29, 1.82) is 0 Å². The summed E-state index contributed by atoms with van der Waals surface area (Å²) >= 11 is 3.01. The van der Waals surface area contributed by atoms with Gasteiger partial charge in [0.15, 0.2) is 0 Å². The van der Waals surface area contributed by atoms with E-state index in [2.05, 4.69) is 32.0 Å². The largest absolute Gasteiger partial charge is 0.469 e. The van der Waals surface area contributed by atoms with E-state index in [1.165, 1.54) is 7.11 Å². The van der Waals surface area contributed by atoms with Crippen LogP contribution in [0.3, 0.4) is 0 Å². The molecule has 0 fully saturated rings. The molecule has 0 rings (SSSR count). The molecule has 0 saturated carbocycles. The number of carbonyl (C=O) groups excluding carboxylic acids is 1. The van der Waals surface area contributed by atoms with Crippen molar-refractivity contribution < 1.29 is 17.9 Å². The van der Waals surface area contributed by atoms with Crippen molar-refractivity contribution in [2.75, 3.05) is 19.4 Å². The minimum atomic E-state index is -3.42. The Morgan fingerprint density at radius 2 is 2.14 bits per heavy atom. The number of methoxy groups -OCH3 is 1. The molecule has 14 heavy (non-hydrogen) atoms. The van der Waals surface area contributed by atoms with Gasteiger partial charge in [-0.25, -0.2) is 13.1 Å². The van der Waals surface area contributed by atoms with Gasteiger partial charge in [0, 0.05) is 11.0 Å². The van der Waals surface area contributed by atoms with Gasteiger partial charge in [-0.3, -0.25) is 4.79 Å². The minimum absolute atomic E-state index is 0.115. The lowest BCUT2D eigenvalue weighted by molar-refractivity contribution is -0.140. The zero-order valence-corrected chi connectivity index (χ0v) is 10.2. The normalized spacial score (nSPS) is 11.0. The molecule has 0 aromatic heterocycles. The molecule has 0 aromatic carbocycles. The van der Waals surface area contributed by atoms with E-state index in [9.17, 15) is 13.2 Å². The number of hydrogen-bond acceptors (Lipinski definition) is 4. The maximum atomic E-state index is 11.2. The summed E-state index contributed by atoms with van der Waals surface area (Å²) in [7, 11) is -2.21. The molecule has 0 aliphatic heterocycles. The third-order valence-electron chi connectivity index (χ3n) is 1.29. The molecule has 0 unspecified atom stereocenters. The lowest BCUT2D eigenvalue weighted by atomic mass is 10.5. The van der Waals surface area contributed by atoms with Crippen LogP contribution in [0.25, 0.3) is 0 Å². The highest BCUT2D eigenvalue weighted by Crippen LogP contribution is 1.99. The van der Waals surface area contributed by atoms with Gasteiger partial charge in [0.05, 0.1) is 19.3 Å². The van der Waals surface area contributed by atoms with Crippen molar-refractivity contribution in [3.63, 3.8) is 0 Å². The number of esters is 1. The van der Waals surface area contributed by atoms with Crippen LogP contribution in [-0.4, -0.2) is 33.8 Å². The summed E-state index contributed by atoms with van der Waals surface area (Å²) < 4.78 is 29.4. The topological polar surface area (TPSA) is 72.5 Å². The molecule has 0 aromatic rings. The first-order valence-corrected chi connectivity index (χ1v) is 6.19. The highest BCUT2D eigenvalue weighted by molar-refractivity contribution is 9.11. The molecular formula is C7H12BrNO4S. The van der Waals surface area contributed by atoms with Crippen LogP contribution in [0.2, 0.25) is 0 Å². The van der Waals surface area contributed by atoms with Crippen LogP contribution in [0.15, 0.2) is 11.1 Å². The van der Waals surface area contributed by atoms with Gasteiger partial charge in [0.2, 0.25) is 10.0 Å². The third-order valence-corrected chi connectivity index (χ3v) is 2.89.